The van der Waals surface area contributed by atoms with E-state index in [1.54, 1.807) is 11.9 Å². The van der Waals surface area contributed by atoms with Gasteiger partial charge in [0, 0.05) is 33.0 Å². The van der Waals surface area contributed by atoms with Crippen molar-refractivity contribution < 1.29 is 13.6 Å². The Hall–Kier alpha value is -2.16. The van der Waals surface area contributed by atoms with Gasteiger partial charge in [-0.05, 0) is 11.6 Å². The van der Waals surface area contributed by atoms with Crippen LogP contribution in [0, 0.1) is 5.82 Å². The molecule has 3 heterocycles. The number of anilines is 1. The SMILES string of the molecule is Cn1ncnc1-c1nc(N2CCC(F)(C(=O)Cl)CC2)ncc1F. The summed E-state index contributed by atoms with van der Waals surface area (Å²) in [5, 5.41) is 2.89. The van der Waals surface area contributed by atoms with Crippen molar-refractivity contribution in [1.29, 1.82) is 0 Å². The molecule has 7 nitrogen and oxygen atoms in total. The van der Waals surface area contributed by atoms with Crippen LogP contribution in [0.2, 0.25) is 0 Å². The van der Waals surface area contributed by atoms with Gasteiger partial charge in [0.25, 0.3) is 5.24 Å². The molecule has 1 aliphatic rings. The predicted molar refractivity (Wildman–Crippen MR) is 78.1 cm³/mol. The van der Waals surface area contributed by atoms with Gasteiger partial charge in [-0.15, -0.1) is 0 Å². The molecule has 0 radical (unpaired) electrons. The van der Waals surface area contributed by atoms with Gasteiger partial charge in [-0.3, -0.25) is 4.79 Å². The number of carbonyl (C=O) groups is 1. The average Bonchev–Trinajstić information content (AvgIpc) is 2.94. The summed E-state index contributed by atoms with van der Waals surface area (Å²) in [5.41, 5.74) is -2.01. The van der Waals surface area contributed by atoms with Crippen LogP contribution >= 0.6 is 11.6 Å². The third-order valence-electron chi connectivity index (χ3n) is 3.85. The van der Waals surface area contributed by atoms with Crippen LogP contribution in [0.25, 0.3) is 11.5 Å². The van der Waals surface area contributed by atoms with Gasteiger partial charge >= 0.3 is 0 Å². The molecule has 0 aliphatic carbocycles. The Morgan fingerprint density at radius 1 is 1.35 bits per heavy atom. The average molecular weight is 343 g/mol. The van der Waals surface area contributed by atoms with Crippen molar-refractivity contribution in [2.75, 3.05) is 18.0 Å². The van der Waals surface area contributed by atoms with Crippen LogP contribution in [0.1, 0.15) is 12.8 Å². The van der Waals surface area contributed by atoms with E-state index < -0.39 is 16.7 Å². The van der Waals surface area contributed by atoms with Crippen molar-refractivity contribution in [3.05, 3.63) is 18.3 Å². The Morgan fingerprint density at radius 3 is 2.61 bits per heavy atom. The summed E-state index contributed by atoms with van der Waals surface area (Å²) in [6, 6.07) is 0. The standard InChI is InChI=1S/C13H13ClF2N6O/c1-21-10(18-7-19-21)9-8(15)6-17-12(20-9)22-4-2-13(16,3-5-22)11(14)23/h6-7H,2-5H2,1H3. The van der Waals surface area contributed by atoms with E-state index >= 15 is 0 Å². The lowest BCUT2D eigenvalue weighted by atomic mass is 9.95. The zero-order valence-corrected chi connectivity index (χ0v) is 13.0. The van der Waals surface area contributed by atoms with Crippen LogP contribution in [0.4, 0.5) is 14.7 Å². The van der Waals surface area contributed by atoms with Crippen LogP contribution in [-0.2, 0) is 11.8 Å². The van der Waals surface area contributed by atoms with E-state index in [2.05, 4.69) is 20.1 Å². The summed E-state index contributed by atoms with van der Waals surface area (Å²) in [6.07, 6.45) is 2.21. The summed E-state index contributed by atoms with van der Waals surface area (Å²) in [4.78, 5) is 24.9. The third kappa shape index (κ3) is 2.88. The van der Waals surface area contributed by atoms with Gasteiger partial charge in [0.1, 0.15) is 12.0 Å². The highest BCUT2D eigenvalue weighted by Crippen LogP contribution is 2.31. The molecule has 1 aliphatic heterocycles. The van der Waals surface area contributed by atoms with Gasteiger partial charge < -0.3 is 4.90 Å². The maximum atomic E-state index is 14.2. The first-order valence-electron chi connectivity index (χ1n) is 6.91. The molecule has 23 heavy (non-hydrogen) atoms. The molecule has 1 saturated heterocycles. The second-order valence-corrected chi connectivity index (χ2v) is 5.64. The zero-order valence-electron chi connectivity index (χ0n) is 12.2. The zero-order chi connectivity index (χ0) is 16.6. The van der Waals surface area contributed by atoms with Crippen molar-refractivity contribution in [2.45, 2.75) is 18.5 Å². The normalized spacial score (nSPS) is 17.3. The minimum absolute atomic E-state index is 0.0144. The van der Waals surface area contributed by atoms with E-state index in [4.69, 9.17) is 11.6 Å². The Morgan fingerprint density at radius 2 is 2.04 bits per heavy atom. The highest BCUT2D eigenvalue weighted by molar-refractivity contribution is 6.65. The molecule has 2 aromatic heterocycles. The van der Waals surface area contributed by atoms with E-state index in [0.29, 0.717) is 0 Å². The third-order valence-corrected chi connectivity index (χ3v) is 4.18. The van der Waals surface area contributed by atoms with E-state index in [1.165, 1.54) is 11.0 Å². The number of alkyl halides is 1. The Labute approximate surface area is 135 Å². The summed E-state index contributed by atoms with van der Waals surface area (Å²) in [6.45, 7) is 0.414. The molecule has 122 valence electrons. The minimum atomic E-state index is -2.02. The Kier molecular flexibility index (Phi) is 3.97. The number of aryl methyl sites for hydroxylation is 1. The topological polar surface area (TPSA) is 76.8 Å². The van der Waals surface area contributed by atoms with Crippen LogP contribution in [-0.4, -0.2) is 48.7 Å². The number of aromatic nitrogens is 5. The molecule has 0 aromatic carbocycles. The maximum absolute atomic E-state index is 14.2. The highest BCUT2D eigenvalue weighted by atomic mass is 35.5. The molecule has 0 bridgehead atoms. The molecule has 0 atom stereocenters. The Balaban J connectivity index is 1.86. The molecule has 0 amide bonds. The van der Waals surface area contributed by atoms with Crippen molar-refractivity contribution in [1.82, 2.24) is 24.7 Å². The number of hydrogen-bond acceptors (Lipinski definition) is 6. The van der Waals surface area contributed by atoms with E-state index in [0.717, 1.165) is 6.20 Å². The van der Waals surface area contributed by atoms with Crippen molar-refractivity contribution in [3.63, 3.8) is 0 Å². The summed E-state index contributed by atoms with van der Waals surface area (Å²) < 4.78 is 29.5. The molecule has 3 rings (SSSR count). The molecule has 2 aromatic rings. The van der Waals surface area contributed by atoms with Crippen LogP contribution in [0.15, 0.2) is 12.5 Å². The van der Waals surface area contributed by atoms with Crippen LogP contribution < -0.4 is 4.90 Å². The molecular weight excluding hydrogens is 330 g/mol. The van der Waals surface area contributed by atoms with Gasteiger partial charge in [0.05, 0.1) is 6.20 Å². The van der Waals surface area contributed by atoms with E-state index in [9.17, 15) is 13.6 Å². The fraction of sp³-hybridized carbons (Fsp3) is 0.462. The first-order chi connectivity index (χ1) is 10.9. The lowest BCUT2D eigenvalue weighted by molar-refractivity contribution is -0.123. The first kappa shape index (κ1) is 15.7. The molecule has 1 fully saturated rings. The van der Waals surface area contributed by atoms with Gasteiger partial charge in [0.2, 0.25) is 5.95 Å². The monoisotopic (exact) mass is 342 g/mol. The van der Waals surface area contributed by atoms with Crippen LogP contribution in [0.3, 0.4) is 0 Å². The molecule has 0 saturated carbocycles. The Bertz CT molecular complexity index is 744. The van der Waals surface area contributed by atoms with Gasteiger partial charge in [-0.1, -0.05) is 0 Å². The molecule has 0 N–H and O–H groups in total. The second-order valence-electron chi connectivity index (χ2n) is 5.30. The number of hydrogen-bond donors (Lipinski definition) is 0. The maximum Gasteiger partial charge on any atom is 0.259 e. The van der Waals surface area contributed by atoms with Gasteiger partial charge in [0.15, 0.2) is 17.3 Å². The van der Waals surface area contributed by atoms with Crippen molar-refractivity contribution in [2.24, 2.45) is 7.05 Å². The van der Waals surface area contributed by atoms with Gasteiger partial charge in [-0.25, -0.2) is 28.4 Å². The predicted octanol–water partition coefficient (Wildman–Crippen LogP) is 1.49. The largest absolute Gasteiger partial charge is 0.341 e. The summed E-state index contributed by atoms with van der Waals surface area (Å²) in [7, 11) is 1.62. The number of halogens is 3. The molecule has 10 heteroatoms. The number of carbonyl (C=O) groups excluding carboxylic acids is 1. The van der Waals surface area contributed by atoms with E-state index in [1.807, 2.05) is 0 Å². The quantitative estimate of drug-likeness (QED) is 0.786. The number of nitrogens with zero attached hydrogens (tertiary/aromatic N) is 6. The lowest BCUT2D eigenvalue weighted by Crippen LogP contribution is -2.45. The van der Waals surface area contributed by atoms with Gasteiger partial charge in [-0.2, -0.15) is 5.10 Å². The smallest absolute Gasteiger partial charge is 0.259 e. The number of piperidine rings is 1. The number of rotatable bonds is 3. The molecule has 0 spiro atoms. The van der Waals surface area contributed by atoms with Crippen molar-refractivity contribution in [3.8, 4) is 11.5 Å². The fourth-order valence-electron chi connectivity index (χ4n) is 2.44. The van der Waals surface area contributed by atoms with E-state index in [-0.39, 0.29) is 43.4 Å². The molecular formula is C13H13ClF2N6O. The fourth-order valence-corrected chi connectivity index (χ4v) is 2.62. The second kappa shape index (κ2) is 5.80. The molecule has 0 unspecified atom stereocenters. The van der Waals surface area contributed by atoms with Crippen LogP contribution in [0.5, 0.6) is 0 Å². The van der Waals surface area contributed by atoms with Crippen molar-refractivity contribution >= 4 is 22.8 Å². The summed E-state index contributed by atoms with van der Waals surface area (Å²) in [5.74, 6) is -0.120. The summed E-state index contributed by atoms with van der Waals surface area (Å²) >= 11 is 5.29. The highest BCUT2D eigenvalue weighted by Gasteiger charge is 2.41. The minimum Gasteiger partial charge on any atom is -0.341 e. The first-order valence-corrected chi connectivity index (χ1v) is 7.29. The lowest BCUT2D eigenvalue weighted by Gasteiger charge is -2.34.